The number of hydrogen-bond donors (Lipinski definition) is 1. The Labute approximate surface area is 164 Å². The Bertz CT molecular complexity index is 648. The Morgan fingerprint density at radius 1 is 1.32 bits per heavy atom. The number of aryl methyl sites for hydroxylation is 1. The topological polar surface area (TPSA) is 54.5 Å². The highest BCUT2D eigenvalue weighted by Gasteiger charge is 2.27. The summed E-state index contributed by atoms with van der Waals surface area (Å²) in [6.45, 7) is 5.11. The van der Waals surface area contributed by atoms with Crippen LogP contribution in [0.3, 0.4) is 0 Å². The minimum atomic E-state index is -0.409. The molecule has 0 saturated carbocycles. The minimum absolute atomic E-state index is 0. The van der Waals surface area contributed by atoms with E-state index in [0.717, 1.165) is 12.2 Å². The number of hydrogen-bond acceptors (Lipinski definition) is 5. The summed E-state index contributed by atoms with van der Waals surface area (Å²) in [6.07, 6.45) is 1.35. The molecule has 1 unspecified atom stereocenters. The van der Waals surface area contributed by atoms with Crippen molar-refractivity contribution in [3.8, 4) is 0 Å². The molecule has 25 heavy (non-hydrogen) atoms. The molecule has 1 fully saturated rings. The maximum Gasteiger partial charge on any atom is 0.253 e. The van der Waals surface area contributed by atoms with Gasteiger partial charge in [0.1, 0.15) is 6.10 Å². The second-order valence-corrected chi connectivity index (χ2v) is 6.96. The highest BCUT2D eigenvalue weighted by molar-refractivity contribution is 7.11. The summed E-state index contributed by atoms with van der Waals surface area (Å²) in [5.74, 6) is 0.0221. The van der Waals surface area contributed by atoms with Gasteiger partial charge in [0.2, 0.25) is 0 Å². The van der Waals surface area contributed by atoms with Gasteiger partial charge in [0.05, 0.1) is 25.4 Å². The van der Waals surface area contributed by atoms with E-state index in [4.69, 9.17) is 4.74 Å². The first-order chi connectivity index (χ1) is 11.2. The molecule has 1 aliphatic heterocycles. The maximum absolute atomic E-state index is 12.9. The monoisotopic (exact) mass is 403 g/mol. The molecule has 2 aromatic heterocycles. The van der Waals surface area contributed by atoms with Crippen molar-refractivity contribution in [2.24, 2.45) is 0 Å². The fourth-order valence-corrected chi connectivity index (χ4v) is 3.49. The van der Waals surface area contributed by atoms with Crippen molar-refractivity contribution in [2.75, 3.05) is 19.7 Å². The number of amides is 1. The maximum atomic E-state index is 12.9. The molecule has 0 aromatic carbocycles. The van der Waals surface area contributed by atoms with Crippen molar-refractivity contribution in [1.82, 2.24) is 15.2 Å². The predicted molar refractivity (Wildman–Crippen MR) is 105 cm³/mol. The molecule has 138 valence electrons. The summed E-state index contributed by atoms with van der Waals surface area (Å²) in [4.78, 5) is 21.5. The number of halogens is 2. The molecular formula is C17H23Cl2N3O2S. The zero-order valence-corrected chi connectivity index (χ0v) is 16.5. The van der Waals surface area contributed by atoms with Crippen molar-refractivity contribution < 1.29 is 9.53 Å². The van der Waals surface area contributed by atoms with E-state index < -0.39 is 6.10 Å². The molecule has 3 rings (SSSR count). The number of nitrogens with one attached hydrogen (secondary N) is 1. The van der Waals surface area contributed by atoms with Crippen molar-refractivity contribution in [3.05, 3.63) is 52.0 Å². The predicted octanol–water partition coefficient (Wildman–Crippen LogP) is 2.81. The second kappa shape index (κ2) is 10.7. The van der Waals surface area contributed by atoms with Gasteiger partial charge in [-0.2, -0.15) is 0 Å². The van der Waals surface area contributed by atoms with Crippen LogP contribution >= 0.6 is 36.2 Å². The van der Waals surface area contributed by atoms with Crippen LogP contribution in [0.1, 0.15) is 15.4 Å². The van der Waals surface area contributed by atoms with Gasteiger partial charge in [-0.3, -0.25) is 9.78 Å². The van der Waals surface area contributed by atoms with Gasteiger partial charge in [-0.25, -0.2) is 0 Å². The van der Waals surface area contributed by atoms with E-state index in [2.05, 4.69) is 29.4 Å². The van der Waals surface area contributed by atoms with E-state index in [-0.39, 0.29) is 30.7 Å². The molecule has 5 nitrogen and oxygen atoms in total. The number of rotatable bonds is 5. The second-order valence-electron chi connectivity index (χ2n) is 5.59. The standard InChI is InChI=1S/C17H21N3O2S.2ClH/c1-13-5-6-15(23-13)12-20(11-14-4-2-3-7-19-14)17(21)16-10-18-8-9-22-16;;/h2-7,16,18H,8-12H2,1H3;2*1H. The molecule has 8 heteroatoms. The summed E-state index contributed by atoms with van der Waals surface area (Å²) < 4.78 is 5.63. The first-order valence-electron chi connectivity index (χ1n) is 7.79. The van der Waals surface area contributed by atoms with Gasteiger partial charge in [0.15, 0.2) is 0 Å². The first kappa shape index (κ1) is 21.9. The van der Waals surface area contributed by atoms with E-state index in [1.54, 1.807) is 17.5 Å². The lowest BCUT2D eigenvalue weighted by Gasteiger charge is -2.29. The molecule has 0 radical (unpaired) electrons. The van der Waals surface area contributed by atoms with Crippen LogP contribution in [0.5, 0.6) is 0 Å². The average molecular weight is 404 g/mol. The lowest BCUT2D eigenvalue weighted by atomic mass is 10.2. The van der Waals surface area contributed by atoms with Gasteiger partial charge in [0.25, 0.3) is 5.91 Å². The van der Waals surface area contributed by atoms with Crippen LogP contribution in [0, 0.1) is 6.92 Å². The number of carbonyl (C=O) groups excluding carboxylic acids is 1. The molecule has 1 saturated heterocycles. The Morgan fingerprint density at radius 2 is 2.16 bits per heavy atom. The number of carbonyl (C=O) groups is 1. The van der Waals surface area contributed by atoms with E-state index >= 15 is 0 Å². The SMILES string of the molecule is Cc1ccc(CN(Cc2ccccn2)C(=O)C2CNCCO2)s1.Cl.Cl. The van der Waals surface area contributed by atoms with E-state index in [1.807, 2.05) is 23.1 Å². The number of pyridine rings is 1. The first-order valence-corrected chi connectivity index (χ1v) is 8.60. The van der Waals surface area contributed by atoms with Gasteiger partial charge in [0, 0.05) is 29.0 Å². The Morgan fingerprint density at radius 3 is 2.76 bits per heavy atom. The van der Waals surface area contributed by atoms with Crippen LogP contribution in [0.2, 0.25) is 0 Å². The number of ether oxygens (including phenoxy) is 1. The largest absolute Gasteiger partial charge is 0.366 e. The number of nitrogens with zero attached hydrogens (tertiary/aromatic N) is 2. The Balaban J connectivity index is 0.00000156. The quantitative estimate of drug-likeness (QED) is 0.833. The lowest BCUT2D eigenvalue weighted by Crippen LogP contribution is -2.49. The normalized spacial score (nSPS) is 16.4. The summed E-state index contributed by atoms with van der Waals surface area (Å²) >= 11 is 1.72. The third-order valence-electron chi connectivity index (χ3n) is 3.74. The van der Waals surface area contributed by atoms with Gasteiger partial charge in [-0.05, 0) is 31.2 Å². The van der Waals surface area contributed by atoms with E-state index in [9.17, 15) is 4.79 Å². The molecule has 3 heterocycles. The van der Waals surface area contributed by atoms with Crippen LogP contribution in [0.4, 0.5) is 0 Å². The van der Waals surface area contributed by atoms with Crippen molar-refractivity contribution >= 4 is 42.1 Å². The zero-order valence-electron chi connectivity index (χ0n) is 14.0. The molecule has 1 amide bonds. The third-order valence-corrected chi connectivity index (χ3v) is 4.72. The summed E-state index contributed by atoms with van der Waals surface area (Å²) in [7, 11) is 0. The molecule has 0 aliphatic carbocycles. The van der Waals surface area contributed by atoms with Gasteiger partial charge < -0.3 is 15.0 Å². The minimum Gasteiger partial charge on any atom is -0.366 e. The van der Waals surface area contributed by atoms with Crippen LogP contribution in [0.25, 0.3) is 0 Å². The van der Waals surface area contributed by atoms with Crippen molar-refractivity contribution in [1.29, 1.82) is 0 Å². The number of aromatic nitrogens is 1. The van der Waals surface area contributed by atoms with Crippen LogP contribution in [-0.2, 0) is 22.6 Å². The fraction of sp³-hybridized carbons (Fsp3) is 0.412. The number of thiophene rings is 1. The zero-order chi connectivity index (χ0) is 16.1. The van der Waals surface area contributed by atoms with E-state index in [1.165, 1.54) is 9.75 Å². The molecule has 0 bridgehead atoms. The highest BCUT2D eigenvalue weighted by atomic mass is 35.5. The average Bonchev–Trinajstić information content (AvgIpc) is 3.00. The molecule has 1 N–H and O–H groups in total. The molecule has 1 aliphatic rings. The molecule has 2 aromatic rings. The summed E-state index contributed by atoms with van der Waals surface area (Å²) in [5, 5.41) is 3.22. The van der Waals surface area contributed by atoms with Gasteiger partial charge >= 0.3 is 0 Å². The molecular weight excluding hydrogens is 381 g/mol. The van der Waals surface area contributed by atoms with Crippen molar-refractivity contribution in [2.45, 2.75) is 26.1 Å². The fourth-order valence-electron chi connectivity index (χ4n) is 2.58. The summed E-state index contributed by atoms with van der Waals surface area (Å²) in [6, 6.07) is 9.94. The van der Waals surface area contributed by atoms with Crippen LogP contribution in [-0.4, -0.2) is 41.6 Å². The summed E-state index contributed by atoms with van der Waals surface area (Å²) in [5.41, 5.74) is 0.887. The number of morpholine rings is 1. The van der Waals surface area contributed by atoms with Gasteiger partial charge in [-0.1, -0.05) is 6.07 Å². The van der Waals surface area contributed by atoms with Crippen molar-refractivity contribution in [3.63, 3.8) is 0 Å². The Hall–Kier alpha value is -1.18. The third kappa shape index (κ3) is 6.24. The van der Waals surface area contributed by atoms with Gasteiger partial charge in [-0.15, -0.1) is 36.2 Å². The van der Waals surface area contributed by atoms with Crippen LogP contribution in [0.15, 0.2) is 36.5 Å². The molecule has 1 atom stereocenters. The highest BCUT2D eigenvalue weighted by Crippen LogP contribution is 2.19. The lowest BCUT2D eigenvalue weighted by molar-refractivity contribution is -0.146. The molecule has 0 spiro atoms. The Kier molecular flexibility index (Phi) is 9.38. The van der Waals surface area contributed by atoms with Crippen LogP contribution < -0.4 is 5.32 Å². The van der Waals surface area contributed by atoms with E-state index in [0.29, 0.717) is 26.2 Å². The smallest absolute Gasteiger partial charge is 0.253 e.